The molecule has 0 aromatic heterocycles. The van der Waals surface area contributed by atoms with E-state index < -0.39 is 17.8 Å². The van der Waals surface area contributed by atoms with Crippen LogP contribution in [0.2, 0.25) is 0 Å². The van der Waals surface area contributed by atoms with Crippen LogP contribution in [0.4, 0.5) is 10.5 Å². The predicted molar refractivity (Wildman–Crippen MR) is 101 cm³/mol. The second-order valence-corrected chi connectivity index (χ2v) is 6.74. The number of halogens is 1. The number of benzene rings is 2. The summed E-state index contributed by atoms with van der Waals surface area (Å²) in [5.41, 5.74) is 2.49. The van der Waals surface area contributed by atoms with Crippen LogP contribution < -0.4 is 10.2 Å². The molecule has 2 aromatic carbocycles. The van der Waals surface area contributed by atoms with Crippen molar-refractivity contribution in [1.29, 1.82) is 0 Å². The minimum Gasteiger partial charge on any atom is -0.507 e. The van der Waals surface area contributed by atoms with Gasteiger partial charge in [-0.1, -0.05) is 18.2 Å². The average molecular weight is 415 g/mol. The third kappa shape index (κ3) is 3.13. The highest BCUT2D eigenvalue weighted by Gasteiger charge is 2.37. The number of phenolic OH excluding ortho intramolecular Hbond substituents is 1. The van der Waals surface area contributed by atoms with Crippen molar-refractivity contribution < 1.29 is 19.5 Å². The fourth-order valence-corrected chi connectivity index (χ4v) is 3.03. The predicted octanol–water partition coefficient (Wildman–Crippen LogP) is 3.44. The number of hydrogen-bond acceptors (Lipinski definition) is 4. The Hall–Kier alpha value is -2.93. The van der Waals surface area contributed by atoms with Gasteiger partial charge in [-0.15, -0.1) is 0 Å². The number of carbonyl (C=O) groups excluding carboxylic acids is 3. The summed E-state index contributed by atoms with van der Waals surface area (Å²) >= 11 is 3.19. The fraction of sp³-hybridized carbons (Fsp3) is 0.105. The molecule has 1 heterocycles. The van der Waals surface area contributed by atoms with Gasteiger partial charge in [-0.2, -0.15) is 0 Å². The SMILES string of the molecule is Cc1cccc(N2C(=O)NC(=O)C(=Cc3ccc(O)c(Br)c3)C2=O)c1C. The first kappa shape index (κ1) is 17.9. The number of phenols is 1. The van der Waals surface area contributed by atoms with Crippen LogP contribution in [0.5, 0.6) is 5.75 Å². The lowest BCUT2D eigenvalue weighted by molar-refractivity contribution is -0.122. The summed E-state index contributed by atoms with van der Waals surface area (Å²) in [6.07, 6.45) is 1.38. The zero-order chi connectivity index (χ0) is 19.0. The van der Waals surface area contributed by atoms with Gasteiger partial charge < -0.3 is 5.11 Å². The van der Waals surface area contributed by atoms with Gasteiger partial charge in [0.25, 0.3) is 11.8 Å². The normalized spacial score (nSPS) is 16.2. The number of rotatable bonds is 2. The topological polar surface area (TPSA) is 86.7 Å². The molecule has 4 amide bonds. The van der Waals surface area contributed by atoms with E-state index >= 15 is 0 Å². The van der Waals surface area contributed by atoms with Crippen LogP contribution >= 0.6 is 15.9 Å². The van der Waals surface area contributed by atoms with Crippen molar-refractivity contribution in [1.82, 2.24) is 5.32 Å². The van der Waals surface area contributed by atoms with Crippen molar-refractivity contribution in [3.8, 4) is 5.75 Å². The van der Waals surface area contributed by atoms with Gasteiger partial charge >= 0.3 is 6.03 Å². The lowest BCUT2D eigenvalue weighted by Crippen LogP contribution is -2.54. The Balaban J connectivity index is 2.07. The Labute approximate surface area is 158 Å². The van der Waals surface area contributed by atoms with Crippen molar-refractivity contribution >= 4 is 45.5 Å². The summed E-state index contributed by atoms with van der Waals surface area (Å²) in [6, 6.07) is 9.07. The first-order chi connectivity index (χ1) is 12.3. The standard InChI is InChI=1S/C19H15BrN2O4/c1-10-4-3-5-15(11(10)2)22-18(25)13(17(24)21-19(22)26)8-12-6-7-16(23)14(20)9-12/h3-9,23H,1-2H3,(H,21,24,26). The Morgan fingerprint density at radius 2 is 1.85 bits per heavy atom. The van der Waals surface area contributed by atoms with Crippen LogP contribution in [0.3, 0.4) is 0 Å². The van der Waals surface area contributed by atoms with Gasteiger partial charge in [0.05, 0.1) is 10.2 Å². The van der Waals surface area contributed by atoms with E-state index in [0.717, 1.165) is 16.0 Å². The van der Waals surface area contributed by atoms with E-state index in [1.54, 1.807) is 24.3 Å². The Bertz CT molecular complexity index is 981. The number of barbiturate groups is 1. The number of imide groups is 2. The highest BCUT2D eigenvalue weighted by atomic mass is 79.9. The van der Waals surface area contributed by atoms with E-state index in [9.17, 15) is 19.5 Å². The molecule has 7 heteroatoms. The maximum atomic E-state index is 12.9. The Morgan fingerprint density at radius 3 is 2.54 bits per heavy atom. The van der Waals surface area contributed by atoms with Crippen molar-refractivity contribution in [3.05, 3.63) is 63.1 Å². The first-order valence-electron chi connectivity index (χ1n) is 7.76. The van der Waals surface area contributed by atoms with Crippen LogP contribution in [0.1, 0.15) is 16.7 Å². The lowest BCUT2D eigenvalue weighted by atomic mass is 10.0. The molecule has 1 fully saturated rings. The lowest BCUT2D eigenvalue weighted by Gasteiger charge is -2.28. The van der Waals surface area contributed by atoms with Crippen LogP contribution in [-0.2, 0) is 9.59 Å². The Morgan fingerprint density at radius 1 is 1.12 bits per heavy atom. The van der Waals surface area contributed by atoms with Gasteiger partial charge in [0.1, 0.15) is 11.3 Å². The van der Waals surface area contributed by atoms with E-state index in [0.29, 0.717) is 15.7 Å². The zero-order valence-electron chi connectivity index (χ0n) is 14.0. The number of aromatic hydroxyl groups is 1. The largest absolute Gasteiger partial charge is 0.507 e. The van der Waals surface area contributed by atoms with Gasteiger partial charge in [0.15, 0.2) is 0 Å². The smallest absolute Gasteiger partial charge is 0.335 e. The molecule has 1 aliphatic rings. The molecule has 0 atom stereocenters. The molecule has 0 unspecified atom stereocenters. The minimum absolute atomic E-state index is 0.0405. The molecule has 26 heavy (non-hydrogen) atoms. The summed E-state index contributed by atoms with van der Waals surface area (Å²) < 4.78 is 0.429. The maximum absolute atomic E-state index is 12.9. The number of nitrogens with zero attached hydrogens (tertiary/aromatic N) is 1. The molecule has 132 valence electrons. The van der Waals surface area contributed by atoms with Gasteiger partial charge in [-0.3, -0.25) is 14.9 Å². The van der Waals surface area contributed by atoms with Crippen molar-refractivity contribution in [2.24, 2.45) is 0 Å². The Kier molecular flexibility index (Phi) is 4.65. The molecule has 0 saturated carbocycles. The van der Waals surface area contributed by atoms with Crippen molar-refractivity contribution in [2.45, 2.75) is 13.8 Å². The maximum Gasteiger partial charge on any atom is 0.335 e. The molecule has 3 rings (SSSR count). The molecule has 1 saturated heterocycles. The van der Waals surface area contributed by atoms with E-state index in [-0.39, 0.29) is 11.3 Å². The molecule has 2 aromatic rings. The highest BCUT2D eigenvalue weighted by Crippen LogP contribution is 2.28. The molecular formula is C19H15BrN2O4. The van der Waals surface area contributed by atoms with E-state index in [2.05, 4.69) is 21.2 Å². The number of carbonyl (C=O) groups is 3. The summed E-state index contributed by atoms with van der Waals surface area (Å²) in [5.74, 6) is -1.42. The number of anilines is 1. The second-order valence-electron chi connectivity index (χ2n) is 5.89. The molecule has 1 aliphatic heterocycles. The van der Waals surface area contributed by atoms with E-state index in [1.165, 1.54) is 12.1 Å². The summed E-state index contributed by atoms with van der Waals surface area (Å²) in [6.45, 7) is 3.68. The molecule has 0 aliphatic carbocycles. The van der Waals surface area contributed by atoms with E-state index in [4.69, 9.17) is 0 Å². The molecule has 0 spiro atoms. The number of urea groups is 1. The van der Waals surface area contributed by atoms with Gasteiger partial charge in [0, 0.05) is 0 Å². The molecule has 2 N–H and O–H groups in total. The second kappa shape index (κ2) is 6.76. The molecular weight excluding hydrogens is 400 g/mol. The average Bonchev–Trinajstić information content (AvgIpc) is 2.58. The van der Waals surface area contributed by atoms with Crippen molar-refractivity contribution in [3.63, 3.8) is 0 Å². The van der Waals surface area contributed by atoms with Crippen LogP contribution in [-0.4, -0.2) is 23.0 Å². The monoisotopic (exact) mass is 414 g/mol. The minimum atomic E-state index is -0.780. The number of nitrogens with one attached hydrogen (secondary N) is 1. The zero-order valence-corrected chi connectivity index (χ0v) is 15.6. The fourth-order valence-electron chi connectivity index (χ4n) is 2.63. The molecule has 0 radical (unpaired) electrons. The van der Waals surface area contributed by atoms with Crippen molar-refractivity contribution in [2.75, 3.05) is 4.90 Å². The third-order valence-electron chi connectivity index (χ3n) is 4.20. The molecule has 0 bridgehead atoms. The van der Waals surface area contributed by atoms with Gasteiger partial charge in [0.2, 0.25) is 0 Å². The summed E-state index contributed by atoms with van der Waals surface area (Å²) in [5, 5.41) is 11.8. The van der Waals surface area contributed by atoms with Crippen LogP contribution in [0, 0.1) is 13.8 Å². The number of hydrogen-bond donors (Lipinski definition) is 2. The number of amides is 4. The highest BCUT2D eigenvalue weighted by molar-refractivity contribution is 9.10. The van der Waals surface area contributed by atoms with E-state index in [1.807, 2.05) is 19.9 Å². The number of aryl methyl sites for hydroxylation is 1. The molecule has 6 nitrogen and oxygen atoms in total. The summed E-state index contributed by atoms with van der Waals surface area (Å²) in [7, 11) is 0. The quantitative estimate of drug-likeness (QED) is 0.581. The van der Waals surface area contributed by atoms with Gasteiger partial charge in [-0.25, -0.2) is 9.69 Å². The van der Waals surface area contributed by atoms with Crippen LogP contribution in [0.15, 0.2) is 46.4 Å². The van der Waals surface area contributed by atoms with Gasteiger partial charge in [-0.05, 0) is 70.7 Å². The first-order valence-corrected chi connectivity index (χ1v) is 8.55. The third-order valence-corrected chi connectivity index (χ3v) is 4.84. The van der Waals surface area contributed by atoms with Crippen LogP contribution in [0.25, 0.3) is 6.08 Å². The summed E-state index contributed by atoms with van der Waals surface area (Å²) in [4.78, 5) is 38.3.